The number of likely N-dealkylation sites (tertiary alicyclic amines) is 1. The molecule has 1 heterocycles. The van der Waals surface area contributed by atoms with Crippen molar-refractivity contribution in [3.63, 3.8) is 0 Å². The van der Waals surface area contributed by atoms with E-state index in [2.05, 4.69) is 53.2 Å². The van der Waals surface area contributed by atoms with Crippen LogP contribution in [0.3, 0.4) is 0 Å². The maximum Gasteiger partial charge on any atom is 0.322 e. The second kappa shape index (κ2) is 8.97. The third-order valence-corrected chi connectivity index (χ3v) is 4.85. The normalized spacial score (nSPS) is 24.2. The molecule has 0 spiro atoms. The first kappa shape index (κ1) is 19.4. The molecule has 0 saturated carbocycles. The zero-order chi connectivity index (χ0) is 18.4. The minimum Gasteiger partial charge on any atom is -0.480 e. The lowest BCUT2D eigenvalue weighted by Gasteiger charge is -2.45. The molecule has 1 aliphatic rings. The van der Waals surface area contributed by atoms with Crippen molar-refractivity contribution in [2.75, 3.05) is 33.2 Å². The van der Waals surface area contributed by atoms with Crippen LogP contribution in [-0.2, 0) is 16.1 Å². The van der Waals surface area contributed by atoms with Gasteiger partial charge in [0.05, 0.1) is 6.54 Å². The molecule has 0 radical (unpaired) electrons. The van der Waals surface area contributed by atoms with E-state index in [1.165, 1.54) is 5.56 Å². The average Bonchev–Trinajstić information content (AvgIpc) is 2.53. The maximum absolute atomic E-state index is 11.9. The fourth-order valence-corrected chi connectivity index (χ4v) is 4.07. The van der Waals surface area contributed by atoms with E-state index in [0.717, 1.165) is 19.6 Å². The number of amides is 1. The van der Waals surface area contributed by atoms with Gasteiger partial charge in [-0.1, -0.05) is 44.2 Å². The molecule has 6 nitrogen and oxygen atoms in total. The van der Waals surface area contributed by atoms with Crippen LogP contribution < -0.4 is 5.32 Å². The molecule has 1 saturated heterocycles. The first-order chi connectivity index (χ1) is 11.9. The zero-order valence-corrected chi connectivity index (χ0v) is 15.3. The summed E-state index contributed by atoms with van der Waals surface area (Å²) < 4.78 is 0. The molecule has 1 fully saturated rings. The smallest absolute Gasteiger partial charge is 0.322 e. The van der Waals surface area contributed by atoms with E-state index < -0.39 is 5.97 Å². The highest BCUT2D eigenvalue weighted by atomic mass is 16.4. The van der Waals surface area contributed by atoms with Crippen LogP contribution in [-0.4, -0.2) is 66.1 Å². The fraction of sp³-hybridized carbons (Fsp3) is 0.579. The number of nitrogens with zero attached hydrogens (tertiary/aromatic N) is 2. The van der Waals surface area contributed by atoms with Crippen molar-refractivity contribution in [1.82, 2.24) is 15.1 Å². The van der Waals surface area contributed by atoms with E-state index in [-0.39, 0.29) is 19.0 Å². The summed E-state index contributed by atoms with van der Waals surface area (Å²) in [6.45, 7) is 7.29. The standard InChI is InChI=1S/C19H29N3O3/c1-14-10-22(12-16-7-5-4-6-8-16)11-15(2)19(14)21(3)13-17(23)20-9-18(24)25/h4-8,14-15,19H,9-13H2,1-3H3,(H,20,23)(H,24,25). The highest BCUT2D eigenvalue weighted by Gasteiger charge is 2.34. The lowest BCUT2D eigenvalue weighted by atomic mass is 9.84. The van der Waals surface area contributed by atoms with Gasteiger partial charge in [0, 0.05) is 25.7 Å². The minimum absolute atomic E-state index is 0.227. The van der Waals surface area contributed by atoms with Gasteiger partial charge in [0.25, 0.3) is 0 Å². The maximum atomic E-state index is 11.9. The summed E-state index contributed by atoms with van der Waals surface area (Å²) in [7, 11) is 1.95. The molecule has 25 heavy (non-hydrogen) atoms. The second-order valence-corrected chi connectivity index (χ2v) is 7.21. The van der Waals surface area contributed by atoms with Crippen LogP contribution >= 0.6 is 0 Å². The first-order valence-corrected chi connectivity index (χ1v) is 8.81. The minimum atomic E-state index is -1.02. The largest absolute Gasteiger partial charge is 0.480 e. The Morgan fingerprint density at radius 3 is 2.36 bits per heavy atom. The van der Waals surface area contributed by atoms with E-state index in [9.17, 15) is 9.59 Å². The van der Waals surface area contributed by atoms with Crippen LogP contribution in [0.25, 0.3) is 0 Å². The molecule has 138 valence electrons. The van der Waals surface area contributed by atoms with Gasteiger partial charge in [0.2, 0.25) is 5.91 Å². The molecule has 0 aromatic heterocycles. The predicted molar refractivity (Wildman–Crippen MR) is 97.1 cm³/mol. The number of aliphatic carboxylic acids is 1. The molecule has 0 bridgehead atoms. The summed E-state index contributed by atoms with van der Waals surface area (Å²) in [6, 6.07) is 10.8. The van der Waals surface area contributed by atoms with E-state index in [4.69, 9.17) is 5.11 Å². The van der Waals surface area contributed by atoms with E-state index in [1.54, 1.807) is 0 Å². The van der Waals surface area contributed by atoms with E-state index in [1.807, 2.05) is 13.1 Å². The van der Waals surface area contributed by atoms with Gasteiger partial charge in [-0.2, -0.15) is 0 Å². The van der Waals surface area contributed by atoms with Gasteiger partial charge in [-0.15, -0.1) is 0 Å². The number of hydrogen-bond acceptors (Lipinski definition) is 4. The van der Waals surface area contributed by atoms with Crippen LogP contribution in [0.1, 0.15) is 19.4 Å². The van der Waals surface area contributed by atoms with Gasteiger partial charge < -0.3 is 10.4 Å². The number of carboxylic acid groups (broad SMARTS) is 1. The molecule has 1 amide bonds. The van der Waals surface area contributed by atoms with Crippen molar-refractivity contribution in [2.45, 2.75) is 26.4 Å². The van der Waals surface area contributed by atoms with Gasteiger partial charge >= 0.3 is 5.97 Å². The highest BCUT2D eigenvalue weighted by Crippen LogP contribution is 2.27. The molecule has 2 unspecified atom stereocenters. The topological polar surface area (TPSA) is 72.9 Å². The zero-order valence-electron chi connectivity index (χ0n) is 15.3. The van der Waals surface area contributed by atoms with Crippen molar-refractivity contribution in [3.05, 3.63) is 35.9 Å². The predicted octanol–water partition coefficient (Wildman–Crippen LogP) is 1.28. The van der Waals surface area contributed by atoms with Crippen molar-refractivity contribution < 1.29 is 14.7 Å². The molecule has 2 N–H and O–H groups in total. The molecule has 6 heteroatoms. The van der Waals surface area contributed by atoms with Gasteiger partial charge in [-0.05, 0) is 24.4 Å². The van der Waals surface area contributed by atoms with Gasteiger partial charge in [0.1, 0.15) is 6.54 Å². The number of rotatable bonds is 7. The summed E-state index contributed by atoms with van der Waals surface area (Å²) in [6.07, 6.45) is 0. The molecule has 1 aliphatic heterocycles. The third-order valence-electron chi connectivity index (χ3n) is 4.85. The Bertz CT molecular complexity index is 567. The summed E-state index contributed by atoms with van der Waals surface area (Å²) in [5.74, 6) is -0.391. The Labute approximate surface area is 149 Å². The van der Waals surface area contributed by atoms with E-state index >= 15 is 0 Å². The van der Waals surface area contributed by atoms with Gasteiger partial charge in [-0.25, -0.2) is 0 Å². The molecule has 2 atom stereocenters. The van der Waals surface area contributed by atoms with Crippen LogP contribution in [0.15, 0.2) is 30.3 Å². The van der Waals surface area contributed by atoms with Crippen molar-refractivity contribution in [2.24, 2.45) is 11.8 Å². The highest BCUT2D eigenvalue weighted by molar-refractivity contribution is 5.82. The van der Waals surface area contributed by atoms with Crippen LogP contribution in [0.4, 0.5) is 0 Å². The lowest BCUT2D eigenvalue weighted by molar-refractivity contribution is -0.138. The first-order valence-electron chi connectivity index (χ1n) is 8.81. The summed E-state index contributed by atoms with van der Waals surface area (Å²) >= 11 is 0. The average molecular weight is 347 g/mol. The van der Waals surface area contributed by atoms with Crippen molar-refractivity contribution >= 4 is 11.9 Å². The molecular formula is C19H29N3O3. The fourth-order valence-electron chi connectivity index (χ4n) is 4.07. The Morgan fingerprint density at radius 2 is 1.80 bits per heavy atom. The number of likely N-dealkylation sites (N-methyl/N-ethyl adjacent to an activating group) is 1. The molecule has 0 aliphatic carbocycles. The number of piperidine rings is 1. The van der Waals surface area contributed by atoms with Crippen molar-refractivity contribution in [1.29, 1.82) is 0 Å². The summed E-state index contributed by atoms with van der Waals surface area (Å²) in [5, 5.41) is 11.1. The Hall–Kier alpha value is -1.92. The number of benzene rings is 1. The summed E-state index contributed by atoms with van der Waals surface area (Å²) in [4.78, 5) is 27.0. The van der Waals surface area contributed by atoms with Crippen molar-refractivity contribution in [3.8, 4) is 0 Å². The third kappa shape index (κ3) is 5.83. The Kier molecular flexibility index (Phi) is 6.96. The SMILES string of the molecule is CC1CN(Cc2ccccc2)CC(C)C1N(C)CC(=O)NCC(=O)O. The number of hydrogen-bond donors (Lipinski definition) is 2. The second-order valence-electron chi connectivity index (χ2n) is 7.21. The number of carbonyl (C=O) groups is 2. The number of carbonyl (C=O) groups excluding carboxylic acids is 1. The molecular weight excluding hydrogens is 318 g/mol. The van der Waals surface area contributed by atoms with E-state index in [0.29, 0.717) is 17.9 Å². The van der Waals surface area contributed by atoms with Gasteiger partial charge in [-0.3, -0.25) is 19.4 Å². The summed E-state index contributed by atoms with van der Waals surface area (Å²) in [5.41, 5.74) is 1.32. The number of nitrogens with one attached hydrogen (secondary N) is 1. The molecule has 1 aromatic rings. The Morgan fingerprint density at radius 1 is 1.20 bits per heavy atom. The van der Waals surface area contributed by atoms with Crippen LogP contribution in [0, 0.1) is 11.8 Å². The quantitative estimate of drug-likeness (QED) is 0.777. The van der Waals surface area contributed by atoms with Crippen LogP contribution in [0.2, 0.25) is 0 Å². The van der Waals surface area contributed by atoms with Crippen LogP contribution in [0.5, 0.6) is 0 Å². The Balaban J connectivity index is 1.88. The monoisotopic (exact) mass is 347 g/mol. The lowest BCUT2D eigenvalue weighted by Crippen LogP contribution is -2.55. The number of carboxylic acids is 1. The molecule has 1 aromatic carbocycles. The molecule has 2 rings (SSSR count). The van der Waals surface area contributed by atoms with Gasteiger partial charge in [0.15, 0.2) is 0 Å².